The number of amides is 1. The Morgan fingerprint density at radius 3 is 2.81 bits per heavy atom. The Balaban J connectivity index is 2.15. The van der Waals surface area contributed by atoms with Gasteiger partial charge in [0.15, 0.2) is 6.29 Å². The second-order valence-electron chi connectivity index (χ2n) is 3.53. The number of aromatic nitrogens is 1. The van der Waals surface area contributed by atoms with Gasteiger partial charge in [0, 0.05) is 31.0 Å². The van der Waals surface area contributed by atoms with Gasteiger partial charge in [0.25, 0.3) is 5.91 Å². The number of morpholine rings is 1. The van der Waals surface area contributed by atoms with Crippen molar-refractivity contribution in [1.82, 2.24) is 9.88 Å². The van der Waals surface area contributed by atoms with Crippen molar-refractivity contribution in [1.29, 1.82) is 0 Å². The third-order valence-electron chi connectivity index (χ3n) is 2.44. The first-order valence-electron chi connectivity index (χ1n) is 5.08. The van der Waals surface area contributed by atoms with Gasteiger partial charge in [0.05, 0.1) is 18.8 Å². The Bertz CT molecular complexity index is 400. The lowest BCUT2D eigenvalue weighted by Gasteiger charge is -2.26. The van der Waals surface area contributed by atoms with Crippen LogP contribution in [-0.2, 0) is 4.74 Å². The van der Waals surface area contributed by atoms with Crippen LogP contribution in [0.5, 0.6) is 0 Å². The summed E-state index contributed by atoms with van der Waals surface area (Å²) >= 11 is 0. The van der Waals surface area contributed by atoms with Crippen molar-refractivity contribution >= 4 is 12.2 Å². The monoisotopic (exact) mass is 220 g/mol. The molecule has 16 heavy (non-hydrogen) atoms. The molecule has 1 fully saturated rings. The van der Waals surface area contributed by atoms with Gasteiger partial charge in [-0.15, -0.1) is 0 Å². The smallest absolute Gasteiger partial charge is 0.255 e. The number of ether oxygens (including phenoxy) is 1. The standard InChI is InChI=1S/C11H12N2O3/c14-8-9-5-10(7-12-6-9)11(15)13-1-3-16-4-2-13/h5-8H,1-4H2. The van der Waals surface area contributed by atoms with Crippen molar-refractivity contribution in [2.24, 2.45) is 0 Å². The van der Waals surface area contributed by atoms with E-state index in [1.807, 2.05) is 0 Å². The Morgan fingerprint density at radius 2 is 2.12 bits per heavy atom. The topological polar surface area (TPSA) is 59.5 Å². The zero-order chi connectivity index (χ0) is 11.4. The molecule has 5 heteroatoms. The maximum absolute atomic E-state index is 12.0. The summed E-state index contributed by atoms with van der Waals surface area (Å²) in [7, 11) is 0. The molecule has 0 N–H and O–H groups in total. The van der Waals surface area contributed by atoms with Crippen molar-refractivity contribution < 1.29 is 14.3 Å². The fraction of sp³-hybridized carbons (Fsp3) is 0.364. The summed E-state index contributed by atoms with van der Waals surface area (Å²) in [6.45, 7) is 2.30. The summed E-state index contributed by atoms with van der Waals surface area (Å²) in [5, 5.41) is 0. The minimum atomic E-state index is -0.0977. The number of rotatable bonds is 2. The molecule has 0 saturated carbocycles. The fourth-order valence-electron chi connectivity index (χ4n) is 1.59. The molecule has 0 atom stereocenters. The molecule has 1 aromatic rings. The average molecular weight is 220 g/mol. The molecule has 0 aromatic carbocycles. The number of pyridine rings is 1. The molecule has 1 aliphatic rings. The number of carbonyl (C=O) groups is 2. The molecule has 0 aliphatic carbocycles. The first kappa shape index (κ1) is 10.8. The van der Waals surface area contributed by atoms with Crippen LogP contribution in [-0.4, -0.2) is 48.4 Å². The molecule has 1 aromatic heterocycles. The minimum Gasteiger partial charge on any atom is -0.378 e. The highest BCUT2D eigenvalue weighted by Crippen LogP contribution is 2.07. The molecule has 1 aliphatic heterocycles. The Kier molecular flexibility index (Phi) is 3.26. The van der Waals surface area contributed by atoms with E-state index in [0.717, 1.165) is 0 Å². The van der Waals surface area contributed by atoms with Gasteiger partial charge in [-0.3, -0.25) is 14.6 Å². The molecule has 0 spiro atoms. The maximum Gasteiger partial charge on any atom is 0.255 e. The molecule has 0 unspecified atom stereocenters. The summed E-state index contributed by atoms with van der Waals surface area (Å²) in [6, 6.07) is 1.55. The normalized spacial score (nSPS) is 15.9. The van der Waals surface area contributed by atoms with Crippen molar-refractivity contribution in [3.8, 4) is 0 Å². The van der Waals surface area contributed by atoms with Crippen molar-refractivity contribution in [3.63, 3.8) is 0 Å². The molecule has 0 radical (unpaired) electrons. The number of nitrogens with zero attached hydrogens (tertiary/aromatic N) is 2. The van der Waals surface area contributed by atoms with E-state index in [4.69, 9.17) is 4.74 Å². The van der Waals surface area contributed by atoms with Crippen LogP contribution in [0.3, 0.4) is 0 Å². The van der Waals surface area contributed by atoms with E-state index in [2.05, 4.69) is 4.98 Å². The molecule has 2 heterocycles. The second kappa shape index (κ2) is 4.85. The highest BCUT2D eigenvalue weighted by Gasteiger charge is 2.18. The molecule has 1 amide bonds. The van der Waals surface area contributed by atoms with Crippen LogP contribution >= 0.6 is 0 Å². The third kappa shape index (κ3) is 2.25. The third-order valence-corrected chi connectivity index (χ3v) is 2.44. The zero-order valence-corrected chi connectivity index (χ0v) is 8.76. The summed E-state index contributed by atoms with van der Waals surface area (Å²) in [5.74, 6) is -0.0977. The first-order chi connectivity index (χ1) is 7.81. The molecule has 84 valence electrons. The maximum atomic E-state index is 12.0. The van der Waals surface area contributed by atoms with Gasteiger partial charge >= 0.3 is 0 Å². The summed E-state index contributed by atoms with van der Waals surface area (Å²) < 4.78 is 5.16. The number of carbonyl (C=O) groups excluding carboxylic acids is 2. The van der Waals surface area contributed by atoms with E-state index in [9.17, 15) is 9.59 Å². The van der Waals surface area contributed by atoms with Gasteiger partial charge in [-0.25, -0.2) is 0 Å². The lowest BCUT2D eigenvalue weighted by molar-refractivity contribution is 0.0302. The second-order valence-corrected chi connectivity index (χ2v) is 3.53. The van der Waals surface area contributed by atoms with Crippen molar-refractivity contribution in [2.75, 3.05) is 26.3 Å². The Labute approximate surface area is 93.0 Å². The van der Waals surface area contributed by atoms with Crippen LogP contribution in [0.4, 0.5) is 0 Å². The van der Waals surface area contributed by atoms with Gasteiger partial charge in [-0.1, -0.05) is 0 Å². The van der Waals surface area contributed by atoms with E-state index in [0.29, 0.717) is 43.7 Å². The summed E-state index contributed by atoms with van der Waals surface area (Å²) in [4.78, 5) is 28.1. The lowest BCUT2D eigenvalue weighted by Crippen LogP contribution is -2.40. The van der Waals surface area contributed by atoms with Gasteiger partial charge in [-0.2, -0.15) is 0 Å². The fourth-order valence-corrected chi connectivity index (χ4v) is 1.59. The highest BCUT2D eigenvalue weighted by molar-refractivity contribution is 5.95. The predicted octanol–water partition coefficient (Wildman–Crippen LogP) is 0.366. The van der Waals surface area contributed by atoms with Gasteiger partial charge in [-0.05, 0) is 6.07 Å². The average Bonchev–Trinajstić information content (AvgIpc) is 2.39. The predicted molar refractivity (Wildman–Crippen MR) is 56.3 cm³/mol. The van der Waals surface area contributed by atoms with Gasteiger partial charge in [0.2, 0.25) is 0 Å². The number of aldehydes is 1. The van der Waals surface area contributed by atoms with Gasteiger partial charge < -0.3 is 9.64 Å². The Hall–Kier alpha value is -1.75. The van der Waals surface area contributed by atoms with E-state index in [1.54, 1.807) is 11.0 Å². The number of hydrogen-bond acceptors (Lipinski definition) is 4. The molecule has 0 bridgehead atoms. The van der Waals surface area contributed by atoms with Crippen LogP contribution in [0.1, 0.15) is 20.7 Å². The molecule has 1 saturated heterocycles. The summed E-state index contributed by atoms with van der Waals surface area (Å²) in [5.41, 5.74) is 0.866. The van der Waals surface area contributed by atoms with E-state index < -0.39 is 0 Å². The van der Waals surface area contributed by atoms with Crippen LogP contribution < -0.4 is 0 Å². The first-order valence-corrected chi connectivity index (χ1v) is 5.08. The van der Waals surface area contributed by atoms with Crippen LogP contribution in [0.15, 0.2) is 18.5 Å². The molecule has 5 nitrogen and oxygen atoms in total. The van der Waals surface area contributed by atoms with Crippen molar-refractivity contribution in [2.45, 2.75) is 0 Å². The van der Waals surface area contributed by atoms with E-state index in [1.165, 1.54) is 12.4 Å². The number of hydrogen-bond donors (Lipinski definition) is 0. The van der Waals surface area contributed by atoms with E-state index >= 15 is 0 Å². The van der Waals surface area contributed by atoms with Crippen LogP contribution in [0.2, 0.25) is 0 Å². The molecular formula is C11H12N2O3. The zero-order valence-electron chi connectivity index (χ0n) is 8.76. The minimum absolute atomic E-state index is 0.0977. The highest BCUT2D eigenvalue weighted by atomic mass is 16.5. The largest absolute Gasteiger partial charge is 0.378 e. The molecular weight excluding hydrogens is 208 g/mol. The SMILES string of the molecule is O=Cc1cncc(C(=O)N2CCOCC2)c1. The Morgan fingerprint density at radius 1 is 1.38 bits per heavy atom. The van der Waals surface area contributed by atoms with Crippen LogP contribution in [0.25, 0.3) is 0 Å². The van der Waals surface area contributed by atoms with Gasteiger partial charge in [0.1, 0.15) is 0 Å². The van der Waals surface area contributed by atoms with E-state index in [-0.39, 0.29) is 5.91 Å². The van der Waals surface area contributed by atoms with Crippen molar-refractivity contribution in [3.05, 3.63) is 29.6 Å². The quantitative estimate of drug-likeness (QED) is 0.675. The summed E-state index contributed by atoms with van der Waals surface area (Å²) in [6.07, 6.45) is 3.59. The van der Waals surface area contributed by atoms with Crippen LogP contribution in [0, 0.1) is 0 Å². The molecule has 2 rings (SSSR count). The lowest BCUT2D eigenvalue weighted by atomic mass is 10.2.